The molecule has 0 aromatic heterocycles. The van der Waals surface area contributed by atoms with Gasteiger partial charge in [-0.25, -0.2) is 4.79 Å². The van der Waals surface area contributed by atoms with Crippen LogP contribution >= 0.6 is 0 Å². The molecule has 0 heterocycles. The van der Waals surface area contributed by atoms with Crippen molar-refractivity contribution in [1.29, 1.82) is 0 Å². The van der Waals surface area contributed by atoms with E-state index in [9.17, 15) is 18.0 Å². The second kappa shape index (κ2) is 9.31. The fraction of sp³-hybridized carbons (Fsp3) is 0.471. The Balaban J connectivity index is 2.20. The second-order valence-electron chi connectivity index (χ2n) is 6.18. The van der Waals surface area contributed by atoms with Gasteiger partial charge in [0.1, 0.15) is 11.4 Å². The van der Waals surface area contributed by atoms with Crippen LogP contribution in [0.3, 0.4) is 0 Å². The van der Waals surface area contributed by atoms with Crippen molar-refractivity contribution in [2.75, 3.05) is 13.1 Å². The average Bonchev–Trinajstić information content (AvgIpc) is 2.44. The predicted octanol–water partition coefficient (Wildman–Crippen LogP) is 3.76. The van der Waals surface area contributed by atoms with Crippen molar-refractivity contribution < 1.29 is 27.4 Å². The van der Waals surface area contributed by atoms with Gasteiger partial charge >= 0.3 is 12.5 Å². The van der Waals surface area contributed by atoms with E-state index in [-0.39, 0.29) is 5.75 Å². The summed E-state index contributed by atoms with van der Waals surface area (Å²) in [6.45, 7) is 6.75. The van der Waals surface area contributed by atoms with Gasteiger partial charge in [0.15, 0.2) is 0 Å². The van der Waals surface area contributed by atoms with Crippen molar-refractivity contribution >= 4 is 6.09 Å². The van der Waals surface area contributed by atoms with Gasteiger partial charge in [0.2, 0.25) is 0 Å². The van der Waals surface area contributed by atoms with E-state index in [2.05, 4.69) is 15.4 Å². The van der Waals surface area contributed by atoms with Crippen LogP contribution in [-0.2, 0) is 11.3 Å². The average molecular weight is 360 g/mol. The molecule has 1 aromatic rings. The summed E-state index contributed by atoms with van der Waals surface area (Å²) in [5.41, 5.74) is 0.297. The summed E-state index contributed by atoms with van der Waals surface area (Å²) in [5, 5.41) is 5.69. The lowest BCUT2D eigenvalue weighted by Gasteiger charge is -2.19. The van der Waals surface area contributed by atoms with E-state index in [0.717, 1.165) is 5.56 Å². The molecular formula is C17H23F3N2O3. The number of carbonyl (C=O) groups is 1. The van der Waals surface area contributed by atoms with Gasteiger partial charge in [-0.1, -0.05) is 24.3 Å². The highest BCUT2D eigenvalue weighted by atomic mass is 19.4. The lowest BCUT2D eigenvalue weighted by molar-refractivity contribution is -0.274. The first-order valence-corrected chi connectivity index (χ1v) is 7.72. The number of halogens is 3. The molecule has 0 unspecified atom stereocenters. The highest BCUT2D eigenvalue weighted by Gasteiger charge is 2.30. The Kier molecular flexibility index (Phi) is 7.76. The number of rotatable bonds is 7. The van der Waals surface area contributed by atoms with Gasteiger partial charge in [0.25, 0.3) is 0 Å². The Hall–Kier alpha value is -2.22. The van der Waals surface area contributed by atoms with Crippen molar-refractivity contribution in [2.45, 2.75) is 39.3 Å². The van der Waals surface area contributed by atoms with Crippen LogP contribution in [0, 0.1) is 0 Å². The Morgan fingerprint density at radius 1 is 1.08 bits per heavy atom. The number of hydrogen-bond acceptors (Lipinski definition) is 4. The van der Waals surface area contributed by atoms with Gasteiger partial charge in [-0.3, -0.25) is 0 Å². The summed E-state index contributed by atoms with van der Waals surface area (Å²) >= 11 is 0. The van der Waals surface area contributed by atoms with E-state index in [0.29, 0.717) is 19.6 Å². The Morgan fingerprint density at radius 2 is 1.68 bits per heavy atom. The minimum atomic E-state index is -4.68. The molecule has 0 aliphatic heterocycles. The monoisotopic (exact) mass is 360 g/mol. The number of hydrogen-bond donors (Lipinski definition) is 2. The second-order valence-corrected chi connectivity index (χ2v) is 6.18. The molecule has 0 spiro atoms. The van der Waals surface area contributed by atoms with Gasteiger partial charge in [0.05, 0.1) is 0 Å². The van der Waals surface area contributed by atoms with Crippen LogP contribution in [0.25, 0.3) is 0 Å². The molecule has 0 radical (unpaired) electrons. The molecule has 0 bridgehead atoms. The first-order chi connectivity index (χ1) is 11.6. The van der Waals surface area contributed by atoms with Crippen molar-refractivity contribution in [2.24, 2.45) is 0 Å². The first-order valence-electron chi connectivity index (χ1n) is 7.72. The molecule has 5 nitrogen and oxygen atoms in total. The summed E-state index contributed by atoms with van der Waals surface area (Å²) in [7, 11) is 0. The molecule has 8 heteroatoms. The van der Waals surface area contributed by atoms with E-state index in [1.54, 1.807) is 39.0 Å². The van der Waals surface area contributed by atoms with Crippen LogP contribution in [0.15, 0.2) is 36.4 Å². The molecule has 1 aromatic carbocycles. The molecule has 0 saturated heterocycles. The fourth-order valence-electron chi connectivity index (χ4n) is 1.73. The molecule has 1 rings (SSSR count). The van der Waals surface area contributed by atoms with E-state index in [4.69, 9.17) is 4.74 Å². The number of nitrogens with one attached hydrogen (secondary N) is 2. The van der Waals surface area contributed by atoms with Gasteiger partial charge in [0, 0.05) is 19.6 Å². The van der Waals surface area contributed by atoms with Gasteiger partial charge < -0.3 is 20.1 Å². The topological polar surface area (TPSA) is 59.6 Å². The highest BCUT2D eigenvalue weighted by molar-refractivity contribution is 5.67. The highest BCUT2D eigenvalue weighted by Crippen LogP contribution is 2.22. The smallest absolute Gasteiger partial charge is 0.444 e. The number of carbonyl (C=O) groups excluding carboxylic acids is 1. The van der Waals surface area contributed by atoms with E-state index in [1.165, 1.54) is 12.1 Å². The third kappa shape index (κ3) is 11.0. The Labute approximate surface area is 145 Å². The molecular weight excluding hydrogens is 337 g/mol. The van der Waals surface area contributed by atoms with Crippen LogP contribution in [0.1, 0.15) is 26.3 Å². The zero-order valence-electron chi connectivity index (χ0n) is 14.4. The number of benzene rings is 1. The normalized spacial score (nSPS) is 12.2. The molecule has 2 N–H and O–H groups in total. The summed E-state index contributed by atoms with van der Waals surface area (Å²) in [6.07, 6.45) is -1.56. The summed E-state index contributed by atoms with van der Waals surface area (Å²) < 4.78 is 45.0. The van der Waals surface area contributed by atoms with Crippen molar-refractivity contribution in [3.8, 4) is 5.75 Å². The SMILES string of the molecule is CC(C)(C)OC(=O)NC/C=C/CNCc1ccc(OC(F)(F)F)cc1. The molecule has 0 aliphatic carbocycles. The van der Waals surface area contributed by atoms with E-state index >= 15 is 0 Å². The van der Waals surface area contributed by atoms with E-state index < -0.39 is 18.1 Å². The van der Waals surface area contributed by atoms with Gasteiger partial charge in [-0.05, 0) is 38.5 Å². The van der Waals surface area contributed by atoms with Crippen molar-refractivity contribution in [3.63, 3.8) is 0 Å². The summed E-state index contributed by atoms with van der Waals surface area (Å²) in [5.74, 6) is -0.246. The zero-order valence-corrected chi connectivity index (χ0v) is 14.4. The molecule has 0 aliphatic rings. The fourth-order valence-corrected chi connectivity index (χ4v) is 1.73. The maximum Gasteiger partial charge on any atom is 0.573 e. The predicted molar refractivity (Wildman–Crippen MR) is 88.2 cm³/mol. The molecule has 0 saturated carbocycles. The van der Waals surface area contributed by atoms with Gasteiger partial charge in [-0.2, -0.15) is 0 Å². The minimum Gasteiger partial charge on any atom is -0.444 e. The largest absolute Gasteiger partial charge is 0.573 e. The number of amides is 1. The maximum atomic E-state index is 12.0. The zero-order chi connectivity index (χ0) is 18.9. The standard InChI is InChI=1S/C17H23F3N2O3/c1-16(2,3)25-15(23)22-11-5-4-10-21-12-13-6-8-14(9-7-13)24-17(18,19)20/h4-9,21H,10-12H2,1-3H3,(H,22,23)/b5-4+. The van der Waals surface area contributed by atoms with Crippen molar-refractivity contribution in [3.05, 3.63) is 42.0 Å². The lowest BCUT2D eigenvalue weighted by atomic mass is 10.2. The number of alkyl carbamates (subject to hydrolysis) is 1. The van der Waals surface area contributed by atoms with Crippen LogP contribution in [0.2, 0.25) is 0 Å². The molecule has 0 atom stereocenters. The summed E-state index contributed by atoms with van der Waals surface area (Å²) in [4.78, 5) is 11.4. The summed E-state index contributed by atoms with van der Waals surface area (Å²) in [6, 6.07) is 5.65. The first kappa shape index (κ1) is 20.8. The van der Waals surface area contributed by atoms with Gasteiger partial charge in [-0.15, -0.1) is 13.2 Å². The number of alkyl halides is 3. The molecule has 25 heavy (non-hydrogen) atoms. The Morgan fingerprint density at radius 3 is 2.24 bits per heavy atom. The molecule has 1 amide bonds. The van der Waals surface area contributed by atoms with Crippen LogP contribution < -0.4 is 15.4 Å². The lowest BCUT2D eigenvalue weighted by Crippen LogP contribution is -2.32. The quantitative estimate of drug-likeness (QED) is 0.574. The van der Waals surface area contributed by atoms with Crippen LogP contribution in [-0.4, -0.2) is 31.1 Å². The molecule has 0 fully saturated rings. The van der Waals surface area contributed by atoms with Crippen LogP contribution in [0.5, 0.6) is 5.75 Å². The maximum absolute atomic E-state index is 12.0. The van der Waals surface area contributed by atoms with Crippen molar-refractivity contribution in [1.82, 2.24) is 10.6 Å². The molecule has 140 valence electrons. The minimum absolute atomic E-state index is 0.246. The van der Waals surface area contributed by atoms with E-state index in [1.807, 2.05) is 6.08 Å². The third-order valence-corrected chi connectivity index (χ3v) is 2.68. The number of ether oxygens (including phenoxy) is 2. The Bertz CT molecular complexity index is 564. The third-order valence-electron chi connectivity index (χ3n) is 2.68. The van der Waals surface area contributed by atoms with Crippen LogP contribution in [0.4, 0.5) is 18.0 Å².